The van der Waals surface area contributed by atoms with Crippen molar-refractivity contribution in [2.45, 2.75) is 25.4 Å². The van der Waals surface area contributed by atoms with Crippen LogP contribution in [0.3, 0.4) is 0 Å². The number of aliphatic hydroxyl groups is 1. The van der Waals surface area contributed by atoms with Crippen LogP contribution in [0.25, 0.3) is 10.9 Å². The number of benzene rings is 1. The van der Waals surface area contributed by atoms with Gasteiger partial charge in [-0.15, -0.1) is 0 Å². The molecule has 2 aliphatic rings. The molecule has 0 amide bonds. The van der Waals surface area contributed by atoms with Gasteiger partial charge in [0.25, 0.3) is 0 Å². The third-order valence-electron chi connectivity index (χ3n) is 4.97. The van der Waals surface area contributed by atoms with Crippen molar-refractivity contribution < 1.29 is 9.84 Å². The van der Waals surface area contributed by atoms with Gasteiger partial charge < -0.3 is 19.6 Å². The molecule has 4 rings (SSSR count). The highest BCUT2D eigenvalue weighted by molar-refractivity contribution is 9.10. The zero-order chi connectivity index (χ0) is 17.0. The summed E-state index contributed by atoms with van der Waals surface area (Å²) in [5, 5.41) is 11.9. The summed E-state index contributed by atoms with van der Waals surface area (Å²) in [6.07, 6.45) is -0.381. The summed E-state index contributed by atoms with van der Waals surface area (Å²) in [6.45, 7) is 2.50. The van der Waals surface area contributed by atoms with Crippen molar-refractivity contribution in [2.24, 2.45) is 0 Å². The summed E-state index contributed by atoms with van der Waals surface area (Å²) in [4.78, 5) is 8.97. The quantitative estimate of drug-likeness (QED) is 0.822. The van der Waals surface area contributed by atoms with E-state index < -0.39 is 0 Å². The lowest BCUT2D eigenvalue weighted by Gasteiger charge is -2.22. The SMILES string of the molecule is CN(C)[C@H]1CN(c2ccc3c4c(c(Br)c(Cl)c3n2)COC4)C[C@@H]1O. The van der Waals surface area contributed by atoms with E-state index in [9.17, 15) is 5.11 Å². The van der Waals surface area contributed by atoms with E-state index in [-0.39, 0.29) is 12.1 Å². The van der Waals surface area contributed by atoms with Crippen molar-refractivity contribution in [3.8, 4) is 0 Å². The van der Waals surface area contributed by atoms with Gasteiger partial charge in [0, 0.05) is 22.9 Å². The molecule has 2 atom stereocenters. The summed E-state index contributed by atoms with van der Waals surface area (Å²) in [5.74, 6) is 0.846. The van der Waals surface area contributed by atoms with Crippen LogP contribution >= 0.6 is 27.5 Å². The molecule has 1 fully saturated rings. The highest BCUT2D eigenvalue weighted by Crippen LogP contribution is 2.41. The molecule has 1 aromatic heterocycles. The Labute approximate surface area is 154 Å². The van der Waals surface area contributed by atoms with E-state index in [1.807, 2.05) is 20.2 Å². The van der Waals surface area contributed by atoms with Crippen molar-refractivity contribution in [3.63, 3.8) is 0 Å². The molecule has 0 aliphatic carbocycles. The number of fused-ring (bicyclic) bond motifs is 3. The number of ether oxygens (including phenoxy) is 1. The van der Waals surface area contributed by atoms with E-state index >= 15 is 0 Å². The number of rotatable bonds is 2. The topological polar surface area (TPSA) is 48.8 Å². The number of hydrogen-bond donors (Lipinski definition) is 1. The zero-order valence-corrected chi connectivity index (χ0v) is 15.9. The van der Waals surface area contributed by atoms with E-state index in [0.717, 1.165) is 38.9 Å². The van der Waals surface area contributed by atoms with Gasteiger partial charge in [0.1, 0.15) is 5.82 Å². The fourth-order valence-electron chi connectivity index (χ4n) is 3.60. The Hall–Kier alpha value is -0.920. The summed E-state index contributed by atoms with van der Waals surface area (Å²) < 4.78 is 6.45. The molecule has 0 radical (unpaired) electrons. The van der Waals surface area contributed by atoms with E-state index in [2.05, 4.69) is 31.8 Å². The normalized spacial score (nSPS) is 23.5. The van der Waals surface area contributed by atoms with Gasteiger partial charge in [0.15, 0.2) is 0 Å². The molecular formula is C17H19BrClN3O2. The monoisotopic (exact) mass is 411 g/mol. The number of nitrogens with zero attached hydrogens (tertiary/aromatic N) is 3. The average Bonchev–Trinajstić information content (AvgIpc) is 3.19. The molecule has 128 valence electrons. The summed E-state index contributed by atoms with van der Waals surface area (Å²) in [5.41, 5.74) is 3.06. The van der Waals surface area contributed by atoms with Gasteiger partial charge in [-0.25, -0.2) is 4.98 Å². The number of β-amino-alcohol motifs (C(OH)–C–C–N with tert-alkyl or cyclic N) is 1. The van der Waals surface area contributed by atoms with Gasteiger partial charge in [0.2, 0.25) is 0 Å². The molecule has 5 nitrogen and oxygen atoms in total. The number of anilines is 1. The van der Waals surface area contributed by atoms with E-state index in [1.54, 1.807) is 0 Å². The van der Waals surface area contributed by atoms with E-state index in [0.29, 0.717) is 24.8 Å². The molecule has 7 heteroatoms. The lowest BCUT2D eigenvalue weighted by molar-refractivity contribution is 0.114. The predicted molar refractivity (Wildman–Crippen MR) is 98.6 cm³/mol. The Morgan fingerprint density at radius 3 is 2.75 bits per heavy atom. The number of halogens is 2. The third kappa shape index (κ3) is 2.52. The smallest absolute Gasteiger partial charge is 0.129 e. The minimum atomic E-state index is -0.381. The highest BCUT2D eigenvalue weighted by atomic mass is 79.9. The van der Waals surface area contributed by atoms with Gasteiger partial charge in [-0.05, 0) is 53.3 Å². The molecule has 2 aliphatic heterocycles. The number of likely N-dealkylation sites (N-methyl/N-ethyl adjacent to an activating group) is 1. The lowest BCUT2D eigenvalue weighted by Crippen LogP contribution is -2.38. The van der Waals surface area contributed by atoms with Crippen LogP contribution in [-0.4, -0.2) is 54.3 Å². The summed E-state index contributed by atoms with van der Waals surface area (Å²) in [6, 6.07) is 4.19. The fraction of sp³-hybridized carbons (Fsp3) is 0.471. The molecule has 1 N–H and O–H groups in total. The molecular weight excluding hydrogens is 394 g/mol. The standard InChI is InChI=1S/C17H19BrClN3O2/c1-21(2)12-5-22(6-13(12)23)14-4-3-9-10-7-24-8-11(10)15(18)16(19)17(9)20-14/h3-4,12-13,23H,5-8H2,1-2H3/t12-,13-/m0/s1. The molecule has 2 aromatic rings. The molecule has 3 heterocycles. The molecule has 24 heavy (non-hydrogen) atoms. The third-order valence-corrected chi connectivity index (χ3v) is 6.45. The number of aromatic nitrogens is 1. The second-order valence-corrected chi connectivity index (χ2v) is 7.82. The van der Waals surface area contributed by atoms with Crippen LogP contribution in [0.15, 0.2) is 16.6 Å². The van der Waals surface area contributed by atoms with Crippen molar-refractivity contribution in [1.29, 1.82) is 0 Å². The number of pyridine rings is 1. The zero-order valence-electron chi connectivity index (χ0n) is 13.6. The van der Waals surface area contributed by atoms with E-state index in [1.165, 1.54) is 0 Å². The van der Waals surface area contributed by atoms with Gasteiger partial charge in [-0.3, -0.25) is 0 Å². The van der Waals surface area contributed by atoms with Crippen molar-refractivity contribution in [2.75, 3.05) is 32.1 Å². The Bertz CT molecular complexity index is 814. The number of hydrogen-bond acceptors (Lipinski definition) is 5. The Kier molecular flexibility index (Phi) is 4.21. The van der Waals surface area contributed by atoms with E-state index in [4.69, 9.17) is 21.3 Å². The number of aliphatic hydroxyl groups excluding tert-OH is 1. The van der Waals surface area contributed by atoms with Crippen LogP contribution in [0.2, 0.25) is 5.02 Å². The van der Waals surface area contributed by atoms with Crippen molar-refractivity contribution in [1.82, 2.24) is 9.88 Å². The fourth-order valence-corrected chi connectivity index (χ4v) is 4.40. The molecule has 0 spiro atoms. The largest absolute Gasteiger partial charge is 0.390 e. The molecule has 0 unspecified atom stereocenters. The summed E-state index contributed by atoms with van der Waals surface area (Å²) >= 11 is 10.1. The minimum absolute atomic E-state index is 0.109. The first kappa shape index (κ1) is 16.5. The first-order chi connectivity index (χ1) is 11.5. The maximum atomic E-state index is 10.3. The first-order valence-corrected chi connectivity index (χ1v) is 9.11. The second kappa shape index (κ2) is 6.11. The average molecular weight is 413 g/mol. The van der Waals surface area contributed by atoms with Gasteiger partial charge >= 0.3 is 0 Å². The Balaban J connectivity index is 1.77. The van der Waals surface area contributed by atoms with Crippen molar-refractivity contribution in [3.05, 3.63) is 32.8 Å². The summed E-state index contributed by atoms with van der Waals surface area (Å²) in [7, 11) is 3.98. The Morgan fingerprint density at radius 1 is 1.29 bits per heavy atom. The molecule has 1 aromatic carbocycles. The van der Waals surface area contributed by atoms with Crippen LogP contribution in [0.5, 0.6) is 0 Å². The molecule has 0 saturated carbocycles. The minimum Gasteiger partial charge on any atom is -0.390 e. The van der Waals surface area contributed by atoms with Crippen LogP contribution in [-0.2, 0) is 18.0 Å². The highest BCUT2D eigenvalue weighted by Gasteiger charge is 2.33. The molecule has 1 saturated heterocycles. The van der Waals surface area contributed by atoms with Crippen LogP contribution in [0.1, 0.15) is 11.1 Å². The lowest BCUT2D eigenvalue weighted by atomic mass is 10.0. The maximum absolute atomic E-state index is 10.3. The van der Waals surface area contributed by atoms with Crippen molar-refractivity contribution >= 4 is 44.3 Å². The van der Waals surface area contributed by atoms with Gasteiger partial charge in [0.05, 0.1) is 35.9 Å². The predicted octanol–water partition coefficient (Wildman–Crippen LogP) is 2.79. The van der Waals surface area contributed by atoms with Gasteiger partial charge in [-0.2, -0.15) is 0 Å². The van der Waals surface area contributed by atoms with Crippen LogP contribution in [0.4, 0.5) is 5.82 Å². The first-order valence-electron chi connectivity index (χ1n) is 7.94. The van der Waals surface area contributed by atoms with Crippen LogP contribution in [0, 0.1) is 0 Å². The maximum Gasteiger partial charge on any atom is 0.129 e. The van der Waals surface area contributed by atoms with Crippen LogP contribution < -0.4 is 4.90 Å². The van der Waals surface area contributed by atoms with Gasteiger partial charge in [-0.1, -0.05) is 11.6 Å². The second-order valence-electron chi connectivity index (χ2n) is 6.65. The molecule has 0 bridgehead atoms. The Morgan fingerprint density at radius 2 is 2.04 bits per heavy atom.